The van der Waals surface area contributed by atoms with Crippen LogP contribution in [0.2, 0.25) is 0 Å². The average Bonchev–Trinajstić information content (AvgIpc) is 3.07. The smallest absolute Gasteiger partial charge is 0.266 e. The van der Waals surface area contributed by atoms with Crippen LogP contribution in [-0.2, 0) is 17.8 Å². The van der Waals surface area contributed by atoms with Gasteiger partial charge in [-0.05, 0) is 53.6 Å². The van der Waals surface area contributed by atoms with Gasteiger partial charge < -0.3 is 4.74 Å². The number of rotatable bonds is 6. The second-order valence-corrected chi connectivity index (χ2v) is 8.21. The van der Waals surface area contributed by atoms with Gasteiger partial charge in [-0.2, -0.15) is 0 Å². The van der Waals surface area contributed by atoms with Gasteiger partial charge in [0.15, 0.2) is 5.17 Å². The molecule has 4 rings (SSSR count). The molecule has 0 aliphatic carbocycles. The Balaban J connectivity index is 1.54. The number of para-hydroxylation sites is 1. The minimum absolute atomic E-state index is 0.0632. The Hall–Kier alpha value is -3.31. The molecule has 0 unspecified atom stereocenters. The van der Waals surface area contributed by atoms with E-state index in [0.29, 0.717) is 16.7 Å². The number of carbonyl (C=O) groups excluding carboxylic acids is 1. The van der Waals surface area contributed by atoms with E-state index in [9.17, 15) is 4.79 Å². The number of carbonyl (C=O) groups is 1. The van der Waals surface area contributed by atoms with E-state index >= 15 is 0 Å². The number of likely N-dealkylation sites (N-methyl/N-ethyl adjacent to an activating group) is 1. The van der Waals surface area contributed by atoms with Crippen molar-refractivity contribution in [3.8, 4) is 5.75 Å². The molecule has 1 aliphatic heterocycles. The summed E-state index contributed by atoms with van der Waals surface area (Å²) in [7, 11) is 1.76. The van der Waals surface area contributed by atoms with Crippen molar-refractivity contribution in [2.24, 2.45) is 4.99 Å². The van der Waals surface area contributed by atoms with Gasteiger partial charge in [0.05, 0.1) is 10.6 Å². The minimum atomic E-state index is -0.0632. The van der Waals surface area contributed by atoms with Crippen molar-refractivity contribution in [1.29, 1.82) is 0 Å². The van der Waals surface area contributed by atoms with Crippen molar-refractivity contribution in [2.75, 3.05) is 7.05 Å². The largest absolute Gasteiger partial charge is 0.488 e. The maximum Gasteiger partial charge on any atom is 0.266 e. The third-order valence-electron chi connectivity index (χ3n) is 5.02. The van der Waals surface area contributed by atoms with Gasteiger partial charge in [0, 0.05) is 12.6 Å². The van der Waals surface area contributed by atoms with Gasteiger partial charge in [-0.25, -0.2) is 4.99 Å². The number of aliphatic imine (C=N–C) groups is 1. The lowest BCUT2D eigenvalue weighted by Crippen LogP contribution is -2.23. The van der Waals surface area contributed by atoms with Crippen molar-refractivity contribution in [3.63, 3.8) is 0 Å². The lowest BCUT2D eigenvalue weighted by molar-refractivity contribution is -0.121. The molecule has 0 radical (unpaired) electrons. The molecule has 31 heavy (non-hydrogen) atoms. The highest BCUT2D eigenvalue weighted by Gasteiger charge is 2.30. The molecule has 156 valence electrons. The van der Waals surface area contributed by atoms with Crippen LogP contribution in [0, 0.1) is 0 Å². The second kappa shape index (κ2) is 9.67. The summed E-state index contributed by atoms with van der Waals surface area (Å²) in [5.41, 5.74) is 4.07. The highest BCUT2D eigenvalue weighted by atomic mass is 32.2. The maximum atomic E-state index is 12.8. The molecule has 0 saturated carbocycles. The molecule has 3 aromatic carbocycles. The van der Waals surface area contributed by atoms with E-state index in [-0.39, 0.29) is 5.91 Å². The van der Waals surface area contributed by atoms with Gasteiger partial charge in [0.1, 0.15) is 12.4 Å². The van der Waals surface area contributed by atoms with Crippen LogP contribution >= 0.6 is 11.8 Å². The topological polar surface area (TPSA) is 41.9 Å². The molecular formula is C26H24N2O2S. The normalized spacial score (nSPS) is 16.3. The zero-order chi connectivity index (χ0) is 21.6. The van der Waals surface area contributed by atoms with E-state index in [1.165, 1.54) is 17.3 Å². The Kier molecular flexibility index (Phi) is 6.53. The summed E-state index contributed by atoms with van der Waals surface area (Å²) >= 11 is 1.38. The quantitative estimate of drug-likeness (QED) is 0.448. The summed E-state index contributed by atoms with van der Waals surface area (Å²) in [5, 5.41) is 0.670. The summed E-state index contributed by atoms with van der Waals surface area (Å²) < 4.78 is 6.03. The van der Waals surface area contributed by atoms with Crippen molar-refractivity contribution in [2.45, 2.75) is 20.0 Å². The first-order chi connectivity index (χ1) is 15.1. The van der Waals surface area contributed by atoms with Gasteiger partial charge in [0.2, 0.25) is 0 Å². The molecule has 1 saturated heterocycles. The van der Waals surface area contributed by atoms with Crippen LogP contribution < -0.4 is 4.74 Å². The van der Waals surface area contributed by atoms with Crippen LogP contribution in [0.3, 0.4) is 0 Å². The zero-order valence-electron chi connectivity index (χ0n) is 17.6. The van der Waals surface area contributed by atoms with Crippen LogP contribution in [0.5, 0.6) is 5.75 Å². The fourth-order valence-electron chi connectivity index (χ4n) is 3.18. The van der Waals surface area contributed by atoms with Gasteiger partial charge in [0.25, 0.3) is 5.91 Å². The van der Waals surface area contributed by atoms with E-state index in [2.05, 4.69) is 24.0 Å². The van der Waals surface area contributed by atoms with Crippen LogP contribution in [-0.4, -0.2) is 23.0 Å². The fourth-order valence-corrected chi connectivity index (χ4v) is 4.15. The Bertz CT molecular complexity index is 1120. The first-order valence-electron chi connectivity index (χ1n) is 10.2. The summed E-state index contributed by atoms with van der Waals surface area (Å²) in [4.78, 5) is 19.7. The molecule has 4 nitrogen and oxygen atoms in total. The molecule has 0 spiro atoms. The molecule has 1 fully saturated rings. The lowest BCUT2D eigenvalue weighted by Gasteiger charge is -2.09. The van der Waals surface area contributed by atoms with E-state index in [4.69, 9.17) is 4.74 Å². The average molecular weight is 429 g/mol. The molecule has 1 aliphatic rings. The highest BCUT2D eigenvalue weighted by Crippen LogP contribution is 2.34. The second-order valence-electron chi connectivity index (χ2n) is 7.20. The molecule has 0 N–H and O–H groups in total. The lowest BCUT2D eigenvalue weighted by atomic mass is 10.1. The fraction of sp³-hybridized carbons (Fsp3) is 0.154. The molecule has 0 atom stereocenters. The van der Waals surface area contributed by atoms with Gasteiger partial charge in [-0.1, -0.05) is 67.6 Å². The first kappa shape index (κ1) is 20.9. The number of amides is 1. The number of amidine groups is 1. The Morgan fingerprint density at radius 2 is 1.65 bits per heavy atom. The minimum Gasteiger partial charge on any atom is -0.488 e. The number of hydrogen-bond acceptors (Lipinski definition) is 4. The molecule has 1 amide bonds. The number of nitrogens with zero attached hydrogens (tertiary/aromatic N) is 2. The summed E-state index contributed by atoms with van der Waals surface area (Å²) in [6, 6.07) is 25.9. The van der Waals surface area contributed by atoms with Crippen molar-refractivity contribution >= 4 is 34.6 Å². The maximum absolute atomic E-state index is 12.8. The predicted molar refractivity (Wildman–Crippen MR) is 128 cm³/mol. The molecular weight excluding hydrogens is 404 g/mol. The predicted octanol–water partition coefficient (Wildman–Crippen LogP) is 6.06. The van der Waals surface area contributed by atoms with E-state index in [1.54, 1.807) is 11.9 Å². The number of ether oxygens (including phenoxy) is 1. The SMILES string of the molecule is CCc1ccc(N=C2S/C(=C/c3ccccc3OCc3ccccc3)C(=O)N2C)cc1. The Morgan fingerprint density at radius 1 is 0.935 bits per heavy atom. The van der Waals surface area contributed by atoms with Crippen molar-refractivity contribution < 1.29 is 9.53 Å². The van der Waals surface area contributed by atoms with Crippen LogP contribution in [0.1, 0.15) is 23.6 Å². The third kappa shape index (κ3) is 5.06. The van der Waals surface area contributed by atoms with E-state index < -0.39 is 0 Å². The highest BCUT2D eigenvalue weighted by molar-refractivity contribution is 8.18. The molecule has 0 aromatic heterocycles. The Labute approximate surface area is 187 Å². The molecule has 1 heterocycles. The van der Waals surface area contributed by atoms with Crippen molar-refractivity contribution in [3.05, 3.63) is 100 Å². The zero-order valence-corrected chi connectivity index (χ0v) is 18.4. The van der Waals surface area contributed by atoms with E-state index in [0.717, 1.165) is 29.0 Å². The number of thioether (sulfide) groups is 1. The number of benzene rings is 3. The number of aryl methyl sites for hydroxylation is 1. The third-order valence-corrected chi connectivity index (χ3v) is 6.08. The van der Waals surface area contributed by atoms with Crippen molar-refractivity contribution in [1.82, 2.24) is 4.90 Å². The summed E-state index contributed by atoms with van der Waals surface area (Å²) in [6.07, 6.45) is 2.87. The first-order valence-corrected chi connectivity index (χ1v) is 11.1. The number of hydrogen-bond donors (Lipinski definition) is 0. The van der Waals surface area contributed by atoms with Gasteiger partial charge in [-0.15, -0.1) is 0 Å². The van der Waals surface area contributed by atoms with Gasteiger partial charge >= 0.3 is 0 Å². The standard InChI is InChI=1S/C26H24N2O2S/c1-3-19-13-15-22(16-14-19)27-26-28(2)25(29)24(31-26)17-21-11-7-8-12-23(21)30-18-20-9-5-4-6-10-20/h4-17H,3,18H2,1-2H3/b24-17+,27-26?. The summed E-state index contributed by atoms with van der Waals surface area (Å²) in [5.74, 6) is 0.683. The molecule has 3 aromatic rings. The Morgan fingerprint density at radius 3 is 2.39 bits per heavy atom. The van der Waals surface area contributed by atoms with Crippen LogP contribution in [0.4, 0.5) is 5.69 Å². The van der Waals surface area contributed by atoms with Crippen LogP contribution in [0.15, 0.2) is 88.8 Å². The van der Waals surface area contributed by atoms with Crippen LogP contribution in [0.25, 0.3) is 6.08 Å². The van der Waals surface area contributed by atoms with Gasteiger partial charge in [-0.3, -0.25) is 9.69 Å². The summed E-state index contributed by atoms with van der Waals surface area (Å²) in [6.45, 7) is 2.60. The van der Waals surface area contributed by atoms with E-state index in [1.807, 2.05) is 72.8 Å². The molecule has 0 bridgehead atoms. The molecule has 5 heteroatoms. The monoisotopic (exact) mass is 428 g/mol.